The maximum atomic E-state index is 11.9. The van der Waals surface area contributed by atoms with Crippen LogP contribution in [0, 0.1) is 5.41 Å². The second-order valence-electron chi connectivity index (χ2n) is 4.54. The Morgan fingerprint density at radius 1 is 1.56 bits per heavy atom. The van der Waals surface area contributed by atoms with E-state index in [-0.39, 0.29) is 32.4 Å². The number of likely N-dealkylation sites (N-methyl/N-ethyl adjacent to an activating group) is 1. The van der Waals surface area contributed by atoms with Gasteiger partial charge in [0.2, 0.25) is 0 Å². The average Bonchev–Trinajstić information content (AvgIpc) is 2.69. The number of hydrogen-bond donors (Lipinski definition) is 3. The molecule has 0 aliphatic carbocycles. The van der Waals surface area contributed by atoms with E-state index in [1.54, 1.807) is 13.8 Å². The van der Waals surface area contributed by atoms with Gasteiger partial charge < -0.3 is 25.2 Å². The first kappa shape index (κ1) is 14.7. The first-order chi connectivity index (χ1) is 8.45. The van der Waals surface area contributed by atoms with E-state index in [4.69, 9.17) is 9.84 Å². The molecule has 1 fully saturated rings. The second kappa shape index (κ2) is 6.01. The summed E-state index contributed by atoms with van der Waals surface area (Å²) < 4.78 is 5.14. The van der Waals surface area contributed by atoms with Crippen LogP contribution in [0.25, 0.3) is 0 Å². The Balaban J connectivity index is 2.66. The van der Waals surface area contributed by atoms with Crippen LogP contribution in [-0.4, -0.2) is 66.1 Å². The zero-order valence-corrected chi connectivity index (χ0v) is 10.7. The molecular formula is C11H20N2O5. The number of carbonyl (C=O) groups excluding carboxylic acids is 1. The summed E-state index contributed by atoms with van der Waals surface area (Å²) in [6.07, 6.45) is 0. The molecule has 7 nitrogen and oxygen atoms in total. The van der Waals surface area contributed by atoms with Gasteiger partial charge in [0.15, 0.2) is 0 Å². The third-order valence-corrected chi connectivity index (χ3v) is 3.28. The maximum Gasteiger partial charge on any atom is 0.317 e. The molecule has 7 heteroatoms. The summed E-state index contributed by atoms with van der Waals surface area (Å²) in [6.45, 7) is 4.15. The van der Waals surface area contributed by atoms with Gasteiger partial charge in [-0.15, -0.1) is 0 Å². The number of nitrogens with one attached hydrogen (secondary N) is 1. The number of rotatable bonds is 5. The van der Waals surface area contributed by atoms with Crippen molar-refractivity contribution in [2.45, 2.75) is 19.9 Å². The van der Waals surface area contributed by atoms with E-state index >= 15 is 0 Å². The Morgan fingerprint density at radius 3 is 2.72 bits per heavy atom. The molecule has 1 heterocycles. The van der Waals surface area contributed by atoms with Crippen LogP contribution in [0.15, 0.2) is 0 Å². The number of hydrogen-bond acceptors (Lipinski definition) is 4. The molecule has 0 saturated carbocycles. The van der Waals surface area contributed by atoms with Crippen molar-refractivity contribution in [3.8, 4) is 0 Å². The van der Waals surface area contributed by atoms with E-state index in [1.807, 2.05) is 0 Å². The van der Waals surface area contributed by atoms with Gasteiger partial charge in [0.25, 0.3) is 0 Å². The van der Waals surface area contributed by atoms with Crippen molar-refractivity contribution in [3.05, 3.63) is 0 Å². The zero-order valence-electron chi connectivity index (χ0n) is 10.7. The Bertz CT molecular complexity index is 323. The summed E-state index contributed by atoms with van der Waals surface area (Å²) in [4.78, 5) is 24.5. The van der Waals surface area contributed by atoms with Crippen molar-refractivity contribution in [2.75, 3.05) is 32.9 Å². The van der Waals surface area contributed by atoms with E-state index in [0.29, 0.717) is 6.54 Å². The van der Waals surface area contributed by atoms with Crippen molar-refractivity contribution in [2.24, 2.45) is 5.41 Å². The third kappa shape index (κ3) is 2.91. The lowest BCUT2D eigenvalue weighted by molar-refractivity contribution is -0.148. The van der Waals surface area contributed by atoms with Gasteiger partial charge in [0.05, 0.1) is 25.9 Å². The molecule has 1 aliphatic rings. The predicted molar refractivity (Wildman–Crippen MR) is 63.2 cm³/mol. The van der Waals surface area contributed by atoms with Gasteiger partial charge >= 0.3 is 12.0 Å². The molecule has 2 unspecified atom stereocenters. The van der Waals surface area contributed by atoms with Crippen LogP contribution < -0.4 is 5.32 Å². The number of carboxylic acids is 1. The smallest absolute Gasteiger partial charge is 0.317 e. The highest BCUT2D eigenvalue weighted by Crippen LogP contribution is 2.28. The maximum absolute atomic E-state index is 11.9. The molecule has 2 amide bonds. The summed E-state index contributed by atoms with van der Waals surface area (Å²) >= 11 is 0. The minimum atomic E-state index is -1.10. The largest absolute Gasteiger partial charge is 0.481 e. The summed E-state index contributed by atoms with van der Waals surface area (Å²) in [5.74, 6) is -0.990. The molecule has 3 N–H and O–H groups in total. The lowest BCUT2D eigenvalue weighted by Crippen LogP contribution is -2.53. The number of carbonyl (C=O) groups is 2. The number of aliphatic hydroxyl groups is 1. The average molecular weight is 260 g/mol. The molecule has 0 spiro atoms. The van der Waals surface area contributed by atoms with E-state index in [0.717, 1.165) is 0 Å². The minimum Gasteiger partial charge on any atom is -0.481 e. The molecular weight excluding hydrogens is 240 g/mol. The van der Waals surface area contributed by atoms with Crippen molar-refractivity contribution in [1.29, 1.82) is 0 Å². The Labute approximate surface area is 106 Å². The topological polar surface area (TPSA) is 99.1 Å². The molecule has 2 atom stereocenters. The number of aliphatic hydroxyl groups excluding tert-OH is 1. The number of nitrogens with zero attached hydrogens (tertiary/aromatic N) is 1. The lowest BCUT2D eigenvalue weighted by Gasteiger charge is -2.28. The summed E-state index contributed by atoms with van der Waals surface area (Å²) in [5, 5.41) is 20.7. The van der Waals surface area contributed by atoms with Crippen LogP contribution in [0.5, 0.6) is 0 Å². The number of ether oxygens (including phenoxy) is 1. The zero-order chi connectivity index (χ0) is 13.8. The van der Waals surface area contributed by atoms with Crippen molar-refractivity contribution in [1.82, 2.24) is 10.2 Å². The standard InChI is InChI=1S/C11H20N2O5/c1-3-13(4-5-14)10(17)12-8-6-18-7-11(8,2)9(15)16/h8,14H,3-7H2,1-2H3,(H,12,17)(H,15,16). The molecule has 0 aromatic carbocycles. The van der Waals surface area contributed by atoms with Gasteiger partial charge in [-0.2, -0.15) is 0 Å². The molecule has 0 bridgehead atoms. The SMILES string of the molecule is CCN(CCO)C(=O)NC1COCC1(C)C(=O)O. The number of carboxylic acid groups (broad SMARTS) is 1. The first-order valence-electron chi connectivity index (χ1n) is 5.93. The van der Waals surface area contributed by atoms with Crippen LogP contribution >= 0.6 is 0 Å². The molecule has 1 rings (SSSR count). The van der Waals surface area contributed by atoms with Gasteiger partial charge in [-0.05, 0) is 13.8 Å². The van der Waals surface area contributed by atoms with Gasteiger partial charge in [-0.1, -0.05) is 0 Å². The van der Waals surface area contributed by atoms with E-state index in [9.17, 15) is 14.7 Å². The highest BCUT2D eigenvalue weighted by atomic mass is 16.5. The Kier molecular flexibility index (Phi) is 4.92. The van der Waals surface area contributed by atoms with Crippen molar-refractivity contribution >= 4 is 12.0 Å². The first-order valence-corrected chi connectivity index (χ1v) is 5.93. The molecule has 0 aromatic heterocycles. The van der Waals surface area contributed by atoms with Gasteiger partial charge in [-0.3, -0.25) is 4.79 Å². The van der Waals surface area contributed by atoms with Crippen LogP contribution in [0.3, 0.4) is 0 Å². The summed E-state index contributed by atoms with van der Waals surface area (Å²) in [7, 11) is 0. The van der Waals surface area contributed by atoms with Crippen molar-refractivity contribution in [3.63, 3.8) is 0 Å². The Morgan fingerprint density at radius 2 is 2.22 bits per heavy atom. The minimum absolute atomic E-state index is 0.0827. The quantitative estimate of drug-likeness (QED) is 0.619. The fourth-order valence-corrected chi connectivity index (χ4v) is 1.85. The highest BCUT2D eigenvalue weighted by Gasteiger charge is 2.47. The van der Waals surface area contributed by atoms with E-state index < -0.39 is 17.4 Å². The molecule has 1 aliphatic heterocycles. The van der Waals surface area contributed by atoms with Crippen molar-refractivity contribution < 1.29 is 24.5 Å². The molecule has 18 heavy (non-hydrogen) atoms. The monoisotopic (exact) mass is 260 g/mol. The fraction of sp³-hybridized carbons (Fsp3) is 0.818. The lowest BCUT2D eigenvalue weighted by atomic mass is 9.85. The summed E-state index contributed by atoms with van der Waals surface area (Å²) in [5.41, 5.74) is -1.10. The van der Waals surface area contributed by atoms with Gasteiger partial charge in [0, 0.05) is 13.1 Å². The molecule has 0 radical (unpaired) electrons. The third-order valence-electron chi connectivity index (χ3n) is 3.28. The van der Waals surface area contributed by atoms with Crippen LogP contribution in [0.2, 0.25) is 0 Å². The van der Waals surface area contributed by atoms with Gasteiger partial charge in [0.1, 0.15) is 5.41 Å². The number of aliphatic carboxylic acids is 1. The highest BCUT2D eigenvalue weighted by molar-refractivity contribution is 5.79. The van der Waals surface area contributed by atoms with E-state index in [1.165, 1.54) is 4.90 Å². The second-order valence-corrected chi connectivity index (χ2v) is 4.54. The molecule has 1 saturated heterocycles. The van der Waals surface area contributed by atoms with E-state index in [2.05, 4.69) is 5.32 Å². The Hall–Kier alpha value is -1.34. The molecule has 104 valence electrons. The molecule has 0 aromatic rings. The number of amides is 2. The number of urea groups is 1. The predicted octanol–water partition coefficient (Wildman–Crippen LogP) is -0.500. The summed E-state index contributed by atoms with van der Waals surface area (Å²) in [6, 6.07) is -0.940. The fourth-order valence-electron chi connectivity index (χ4n) is 1.85. The van der Waals surface area contributed by atoms with Crippen LogP contribution in [-0.2, 0) is 9.53 Å². The van der Waals surface area contributed by atoms with Gasteiger partial charge in [-0.25, -0.2) is 4.79 Å². The van der Waals surface area contributed by atoms with Crippen LogP contribution in [0.4, 0.5) is 4.79 Å². The normalized spacial score (nSPS) is 26.9. The van der Waals surface area contributed by atoms with Crippen LogP contribution in [0.1, 0.15) is 13.8 Å².